The van der Waals surface area contributed by atoms with Crippen molar-refractivity contribution >= 4 is 9.84 Å². The minimum Gasteiger partial charge on any atom is -0.309 e. The number of hydrogen-bond donors (Lipinski definition) is 1. The Morgan fingerprint density at radius 2 is 1.67 bits per heavy atom. The normalized spacial score (nSPS) is 13.6. The Bertz CT molecular complexity index is 506. The molecule has 1 unspecified atom stereocenters. The van der Waals surface area contributed by atoms with E-state index in [9.17, 15) is 8.42 Å². The molecule has 0 saturated carbocycles. The van der Waals surface area contributed by atoms with Gasteiger partial charge in [-0.1, -0.05) is 58.4 Å². The van der Waals surface area contributed by atoms with Gasteiger partial charge in [-0.2, -0.15) is 0 Å². The molecule has 0 spiro atoms. The van der Waals surface area contributed by atoms with E-state index in [2.05, 4.69) is 36.5 Å². The predicted octanol–water partition coefficient (Wildman–Crippen LogP) is 3.36. The fourth-order valence-corrected chi connectivity index (χ4v) is 4.52. The van der Waals surface area contributed by atoms with Gasteiger partial charge < -0.3 is 5.32 Å². The van der Waals surface area contributed by atoms with E-state index in [1.54, 1.807) is 0 Å². The van der Waals surface area contributed by atoms with E-state index in [1.807, 2.05) is 20.8 Å². The number of hydrogen-bond acceptors (Lipinski definition) is 3. The molecule has 0 fully saturated rings. The van der Waals surface area contributed by atoms with E-state index in [4.69, 9.17) is 0 Å². The van der Waals surface area contributed by atoms with E-state index < -0.39 is 9.84 Å². The van der Waals surface area contributed by atoms with Crippen LogP contribution in [0.5, 0.6) is 0 Å². The van der Waals surface area contributed by atoms with Crippen LogP contribution in [0.3, 0.4) is 0 Å². The smallest absolute Gasteiger partial charge is 0.152 e. The molecule has 0 amide bonds. The Morgan fingerprint density at radius 1 is 1.05 bits per heavy atom. The molecule has 0 saturated heterocycles. The van der Waals surface area contributed by atoms with Gasteiger partial charge in [0, 0.05) is 6.04 Å². The van der Waals surface area contributed by atoms with Crippen LogP contribution in [-0.4, -0.2) is 26.5 Å². The minimum absolute atomic E-state index is 0.116. The Labute approximate surface area is 130 Å². The first-order valence-corrected chi connectivity index (χ1v) is 9.72. The third kappa shape index (κ3) is 6.62. The lowest BCUT2D eigenvalue weighted by Crippen LogP contribution is -2.30. The third-order valence-corrected chi connectivity index (χ3v) is 5.39. The van der Waals surface area contributed by atoms with Gasteiger partial charge in [0.25, 0.3) is 0 Å². The van der Waals surface area contributed by atoms with Crippen molar-refractivity contribution in [2.75, 3.05) is 18.1 Å². The molecule has 4 heteroatoms. The molecule has 0 aliphatic heterocycles. The van der Waals surface area contributed by atoms with Crippen LogP contribution in [0.15, 0.2) is 24.3 Å². The zero-order valence-electron chi connectivity index (χ0n) is 13.7. The highest BCUT2D eigenvalue weighted by Gasteiger charge is 2.21. The summed E-state index contributed by atoms with van der Waals surface area (Å²) in [5.41, 5.74) is 2.37. The molecule has 0 aromatic heterocycles. The molecule has 1 aromatic rings. The van der Waals surface area contributed by atoms with Crippen LogP contribution < -0.4 is 5.32 Å². The Balaban J connectivity index is 2.85. The summed E-state index contributed by atoms with van der Waals surface area (Å²) in [4.78, 5) is 0. The highest BCUT2D eigenvalue weighted by Crippen LogP contribution is 2.18. The molecule has 0 radical (unpaired) electrons. The van der Waals surface area contributed by atoms with Crippen molar-refractivity contribution in [1.29, 1.82) is 0 Å². The summed E-state index contributed by atoms with van der Waals surface area (Å²) in [5.74, 6) is 0.596. The van der Waals surface area contributed by atoms with Gasteiger partial charge in [-0.25, -0.2) is 8.42 Å². The first kappa shape index (κ1) is 18.2. The molecule has 1 N–H and O–H groups in total. The zero-order valence-corrected chi connectivity index (χ0v) is 14.5. The molecule has 0 aliphatic carbocycles. The van der Waals surface area contributed by atoms with Crippen LogP contribution in [-0.2, 0) is 16.3 Å². The van der Waals surface area contributed by atoms with Crippen molar-refractivity contribution in [1.82, 2.24) is 5.32 Å². The van der Waals surface area contributed by atoms with Crippen LogP contribution in [0.25, 0.3) is 0 Å². The second-order valence-corrected chi connectivity index (χ2v) is 8.23. The number of sulfone groups is 1. The lowest BCUT2D eigenvalue weighted by atomic mass is 10.0. The van der Waals surface area contributed by atoms with Gasteiger partial charge >= 0.3 is 0 Å². The molecule has 1 atom stereocenters. The SMILES string of the molecule is CCCc1ccc(C(CS(=O)(=O)CC(C)C)NCC)cc1. The van der Waals surface area contributed by atoms with Gasteiger partial charge in [0.15, 0.2) is 9.84 Å². The van der Waals surface area contributed by atoms with Crippen molar-refractivity contribution in [2.45, 2.75) is 46.6 Å². The van der Waals surface area contributed by atoms with Crippen molar-refractivity contribution < 1.29 is 8.42 Å². The molecule has 21 heavy (non-hydrogen) atoms. The number of aryl methyl sites for hydroxylation is 1. The van der Waals surface area contributed by atoms with E-state index >= 15 is 0 Å². The average molecular weight is 311 g/mol. The van der Waals surface area contributed by atoms with Gasteiger partial charge in [-0.15, -0.1) is 0 Å². The van der Waals surface area contributed by atoms with Crippen LogP contribution in [0.4, 0.5) is 0 Å². The molecular formula is C17H29NO2S. The molecular weight excluding hydrogens is 282 g/mol. The highest BCUT2D eigenvalue weighted by molar-refractivity contribution is 7.91. The maximum absolute atomic E-state index is 12.2. The number of benzene rings is 1. The molecule has 1 aromatic carbocycles. The number of nitrogens with one attached hydrogen (secondary N) is 1. The minimum atomic E-state index is -3.03. The monoisotopic (exact) mass is 311 g/mol. The van der Waals surface area contributed by atoms with Crippen molar-refractivity contribution in [2.24, 2.45) is 5.92 Å². The van der Waals surface area contributed by atoms with Gasteiger partial charge in [0.2, 0.25) is 0 Å². The van der Waals surface area contributed by atoms with E-state index in [0.717, 1.165) is 24.9 Å². The predicted molar refractivity (Wildman–Crippen MR) is 90.3 cm³/mol. The second kappa shape index (κ2) is 8.54. The fourth-order valence-electron chi connectivity index (χ4n) is 2.55. The second-order valence-electron chi connectivity index (χ2n) is 6.07. The Kier molecular flexibility index (Phi) is 7.40. The lowest BCUT2D eigenvalue weighted by molar-refractivity contribution is 0.551. The molecule has 120 valence electrons. The Morgan fingerprint density at radius 3 is 2.14 bits per heavy atom. The summed E-state index contributed by atoms with van der Waals surface area (Å²) in [6.07, 6.45) is 2.19. The zero-order chi connectivity index (χ0) is 15.9. The molecule has 3 nitrogen and oxygen atoms in total. The van der Waals surface area contributed by atoms with Gasteiger partial charge in [-0.3, -0.25) is 0 Å². The Hall–Kier alpha value is -0.870. The van der Waals surface area contributed by atoms with Crippen molar-refractivity contribution in [3.05, 3.63) is 35.4 Å². The summed E-state index contributed by atoms with van der Waals surface area (Å²) in [5, 5.41) is 3.30. The summed E-state index contributed by atoms with van der Waals surface area (Å²) in [6, 6.07) is 8.22. The van der Waals surface area contributed by atoms with E-state index in [1.165, 1.54) is 5.56 Å². The molecule has 0 bridgehead atoms. The van der Waals surface area contributed by atoms with Crippen molar-refractivity contribution in [3.63, 3.8) is 0 Å². The standard InChI is InChI=1S/C17H29NO2S/c1-5-7-15-8-10-16(11-9-15)17(18-6-2)13-21(19,20)12-14(3)4/h8-11,14,17-18H,5-7,12-13H2,1-4H3. The van der Waals surface area contributed by atoms with Crippen LogP contribution in [0, 0.1) is 5.92 Å². The number of rotatable bonds is 9. The fraction of sp³-hybridized carbons (Fsp3) is 0.647. The first-order chi connectivity index (χ1) is 9.88. The average Bonchev–Trinajstić information content (AvgIpc) is 2.37. The lowest BCUT2D eigenvalue weighted by Gasteiger charge is -2.19. The summed E-state index contributed by atoms with van der Waals surface area (Å²) < 4.78 is 24.5. The third-order valence-electron chi connectivity index (χ3n) is 3.38. The van der Waals surface area contributed by atoms with Crippen molar-refractivity contribution in [3.8, 4) is 0 Å². The summed E-state index contributed by atoms with van der Waals surface area (Å²) in [7, 11) is -3.03. The molecule has 1 rings (SSSR count). The van der Waals surface area contributed by atoms with Crippen LogP contribution >= 0.6 is 0 Å². The summed E-state index contributed by atoms with van der Waals surface area (Å²) >= 11 is 0. The van der Waals surface area contributed by atoms with Gasteiger partial charge in [0.1, 0.15) is 0 Å². The quantitative estimate of drug-likeness (QED) is 0.760. The van der Waals surface area contributed by atoms with Gasteiger partial charge in [-0.05, 0) is 30.0 Å². The first-order valence-electron chi connectivity index (χ1n) is 7.90. The maximum atomic E-state index is 12.2. The van der Waals surface area contributed by atoms with Crippen LogP contribution in [0.2, 0.25) is 0 Å². The van der Waals surface area contributed by atoms with E-state index in [-0.39, 0.29) is 23.5 Å². The van der Waals surface area contributed by atoms with Crippen LogP contribution in [0.1, 0.15) is 51.3 Å². The van der Waals surface area contributed by atoms with Gasteiger partial charge in [0.05, 0.1) is 11.5 Å². The van der Waals surface area contributed by atoms with E-state index in [0.29, 0.717) is 0 Å². The maximum Gasteiger partial charge on any atom is 0.152 e. The highest BCUT2D eigenvalue weighted by atomic mass is 32.2. The largest absolute Gasteiger partial charge is 0.309 e. The molecule has 0 aliphatic rings. The topological polar surface area (TPSA) is 46.2 Å². The molecule has 0 heterocycles. The summed E-state index contributed by atoms with van der Waals surface area (Å²) in [6.45, 7) is 8.82.